The molecule has 0 spiro atoms. The summed E-state index contributed by atoms with van der Waals surface area (Å²) in [4.78, 5) is 39.1. The topological polar surface area (TPSA) is 138 Å². The van der Waals surface area contributed by atoms with E-state index < -0.39 is 11.8 Å². The molecule has 0 unspecified atom stereocenters. The second-order valence-corrected chi connectivity index (χ2v) is 2.46. The molecule has 0 bridgehead atoms. The number of amides is 2. The SMILES string of the molecule is O=CCCC(=O)N[O-].O=CCCC(=O)N[O-].[Li+].[Li+]. The van der Waals surface area contributed by atoms with Crippen molar-refractivity contribution < 1.29 is 56.9 Å². The molecule has 0 saturated heterocycles. The second-order valence-electron chi connectivity index (χ2n) is 2.46. The minimum atomic E-state index is -0.642. The predicted octanol–water partition coefficient (Wildman–Crippen LogP) is -6.83. The molecule has 0 aromatic rings. The first kappa shape index (κ1) is 26.1. The Labute approximate surface area is 128 Å². The third-order valence-corrected chi connectivity index (χ3v) is 1.21. The van der Waals surface area contributed by atoms with Crippen molar-refractivity contribution in [3.05, 3.63) is 10.4 Å². The van der Waals surface area contributed by atoms with Crippen molar-refractivity contribution in [2.75, 3.05) is 0 Å². The number of aldehydes is 2. The molecule has 92 valence electrons. The molecule has 10 heteroatoms. The van der Waals surface area contributed by atoms with Crippen LogP contribution in [0.2, 0.25) is 0 Å². The molecule has 0 aliphatic heterocycles. The summed E-state index contributed by atoms with van der Waals surface area (Å²) in [7, 11) is 0. The maximum atomic E-state index is 9.99. The molecule has 0 rings (SSSR count). The van der Waals surface area contributed by atoms with Gasteiger partial charge < -0.3 is 31.0 Å². The standard InChI is InChI=1S/2C4H6NO3.2Li/c2*6-3-1-2-4(7)5-8;;/h2*3H,1-2H2,(H-,5,7,8);;/q2*-1;2*+1. The number of carbonyl (C=O) groups is 4. The third kappa shape index (κ3) is 24.6. The molecule has 2 N–H and O–H groups in total. The Bertz CT molecular complexity index is 216. The molecule has 18 heavy (non-hydrogen) atoms. The molecule has 0 heterocycles. The quantitative estimate of drug-likeness (QED) is 0.271. The Kier molecular flexibility index (Phi) is 31.4. The van der Waals surface area contributed by atoms with Crippen LogP contribution in [0.15, 0.2) is 0 Å². The van der Waals surface area contributed by atoms with E-state index >= 15 is 0 Å². The molecule has 0 fully saturated rings. The van der Waals surface area contributed by atoms with Gasteiger partial charge in [0.15, 0.2) is 0 Å². The normalized spacial score (nSPS) is 7.22. The van der Waals surface area contributed by atoms with Gasteiger partial charge in [0, 0.05) is 25.7 Å². The zero-order valence-corrected chi connectivity index (χ0v) is 10.4. The van der Waals surface area contributed by atoms with E-state index in [1.807, 2.05) is 0 Å². The Balaban J connectivity index is -0.0000000980. The molecule has 0 aliphatic rings. The summed E-state index contributed by atoms with van der Waals surface area (Å²) in [6.07, 6.45) is 1.41. The van der Waals surface area contributed by atoms with Gasteiger partial charge in [0.1, 0.15) is 12.6 Å². The molecule has 0 aromatic carbocycles. The van der Waals surface area contributed by atoms with Crippen molar-refractivity contribution in [2.45, 2.75) is 25.7 Å². The van der Waals surface area contributed by atoms with Crippen LogP contribution in [0.1, 0.15) is 25.7 Å². The predicted molar refractivity (Wildman–Crippen MR) is 53.6 cm³/mol. The fraction of sp³-hybridized carbons (Fsp3) is 0.500. The first-order chi connectivity index (χ1) is 7.62. The van der Waals surface area contributed by atoms with Crippen LogP contribution < -0.4 is 48.7 Å². The van der Waals surface area contributed by atoms with Crippen LogP contribution in [0.5, 0.6) is 0 Å². The minimum absolute atomic E-state index is 0. The average Bonchev–Trinajstić information content (AvgIpc) is 2.33. The van der Waals surface area contributed by atoms with Gasteiger partial charge in [-0.25, -0.2) is 0 Å². The van der Waals surface area contributed by atoms with E-state index in [9.17, 15) is 29.6 Å². The summed E-state index contributed by atoms with van der Waals surface area (Å²) in [5.41, 5.74) is 2.30. The monoisotopic (exact) mass is 246 g/mol. The number of hydrogen-bond donors (Lipinski definition) is 2. The zero-order valence-electron chi connectivity index (χ0n) is 10.4. The van der Waals surface area contributed by atoms with E-state index in [-0.39, 0.29) is 63.4 Å². The van der Waals surface area contributed by atoms with Gasteiger partial charge in [0.2, 0.25) is 11.8 Å². The van der Waals surface area contributed by atoms with Gasteiger partial charge in [-0.05, 0) is 0 Å². The van der Waals surface area contributed by atoms with E-state index in [2.05, 4.69) is 0 Å². The van der Waals surface area contributed by atoms with Crippen LogP contribution in [0.25, 0.3) is 0 Å². The van der Waals surface area contributed by atoms with Crippen molar-refractivity contribution in [1.82, 2.24) is 11.0 Å². The van der Waals surface area contributed by atoms with E-state index in [4.69, 9.17) is 0 Å². The fourth-order valence-electron chi connectivity index (χ4n) is 0.482. The number of rotatable bonds is 6. The molecule has 0 aliphatic carbocycles. The van der Waals surface area contributed by atoms with E-state index in [0.717, 1.165) is 11.0 Å². The van der Waals surface area contributed by atoms with Crippen molar-refractivity contribution in [3.8, 4) is 0 Å². The first-order valence-corrected chi connectivity index (χ1v) is 4.31. The van der Waals surface area contributed by atoms with Gasteiger partial charge in [0.05, 0.1) is 0 Å². The summed E-state index contributed by atoms with van der Waals surface area (Å²) in [6.45, 7) is 0. The Morgan fingerprint density at radius 2 is 1.11 bits per heavy atom. The molecule has 0 atom stereocenters. The van der Waals surface area contributed by atoms with Crippen molar-refractivity contribution in [1.29, 1.82) is 0 Å². The average molecular weight is 246 g/mol. The summed E-state index contributed by atoms with van der Waals surface area (Å²) in [5, 5.41) is 18.8. The van der Waals surface area contributed by atoms with Crippen LogP contribution in [-0.4, -0.2) is 24.4 Å². The van der Waals surface area contributed by atoms with Crippen molar-refractivity contribution in [2.24, 2.45) is 0 Å². The summed E-state index contributed by atoms with van der Waals surface area (Å²) < 4.78 is 0. The van der Waals surface area contributed by atoms with Crippen molar-refractivity contribution >= 4 is 24.4 Å². The van der Waals surface area contributed by atoms with Crippen LogP contribution >= 0.6 is 0 Å². The molecule has 2 amide bonds. The maximum absolute atomic E-state index is 9.99. The smallest absolute Gasteiger partial charge is 0.759 e. The number of nitrogens with one attached hydrogen (secondary N) is 2. The summed E-state index contributed by atoms with van der Waals surface area (Å²) in [6, 6.07) is 0. The fourth-order valence-corrected chi connectivity index (χ4v) is 0.482. The van der Waals surface area contributed by atoms with E-state index in [1.54, 1.807) is 0 Å². The van der Waals surface area contributed by atoms with Crippen molar-refractivity contribution in [3.63, 3.8) is 0 Å². The van der Waals surface area contributed by atoms with E-state index in [1.165, 1.54) is 0 Å². The van der Waals surface area contributed by atoms with Gasteiger partial charge in [-0.15, -0.1) is 0 Å². The van der Waals surface area contributed by atoms with Gasteiger partial charge in [-0.1, -0.05) is 0 Å². The number of hydrogen-bond acceptors (Lipinski definition) is 6. The van der Waals surface area contributed by atoms with Crippen LogP contribution in [-0.2, 0) is 19.2 Å². The molecular weight excluding hydrogens is 234 g/mol. The van der Waals surface area contributed by atoms with Crippen LogP contribution in [0.3, 0.4) is 0 Å². The van der Waals surface area contributed by atoms with Crippen LogP contribution in [0, 0.1) is 10.4 Å². The number of hydroxylamine groups is 2. The zero-order chi connectivity index (χ0) is 12.8. The van der Waals surface area contributed by atoms with Gasteiger partial charge in [-0.2, -0.15) is 0 Å². The summed E-state index contributed by atoms with van der Waals surface area (Å²) >= 11 is 0. The molecule has 0 saturated carbocycles. The minimum Gasteiger partial charge on any atom is -0.759 e. The molecular formula is C8H12Li2N2O6. The first-order valence-electron chi connectivity index (χ1n) is 4.31. The van der Waals surface area contributed by atoms with E-state index in [0.29, 0.717) is 12.6 Å². The van der Waals surface area contributed by atoms with Gasteiger partial charge in [-0.3, -0.25) is 9.59 Å². The molecule has 0 aromatic heterocycles. The summed E-state index contributed by atoms with van der Waals surface area (Å²) in [5.74, 6) is -1.28. The Morgan fingerprint density at radius 3 is 1.28 bits per heavy atom. The maximum Gasteiger partial charge on any atom is 1.00 e. The van der Waals surface area contributed by atoms with Gasteiger partial charge >= 0.3 is 37.7 Å². The largest absolute Gasteiger partial charge is 1.00 e. The Morgan fingerprint density at radius 1 is 0.833 bits per heavy atom. The third-order valence-electron chi connectivity index (χ3n) is 1.21. The van der Waals surface area contributed by atoms with Gasteiger partial charge in [0.25, 0.3) is 0 Å². The molecule has 8 nitrogen and oxygen atoms in total. The van der Waals surface area contributed by atoms with Crippen LogP contribution in [0.4, 0.5) is 0 Å². The number of carbonyl (C=O) groups excluding carboxylic acids is 4. The second kappa shape index (κ2) is 21.7. The Hall–Kier alpha value is -0.605. The molecule has 0 radical (unpaired) electrons.